The van der Waals surface area contributed by atoms with Crippen LogP contribution >= 0.6 is 0 Å². The zero-order chi connectivity index (χ0) is 0. The molecular formula is O7Pm2Ru2-6. The maximum absolute atomic E-state index is 0. The van der Waals surface area contributed by atoms with Gasteiger partial charge in [0.15, 0.2) is 0 Å². The second kappa shape index (κ2) is 164. The Balaban J connectivity index is 0. The van der Waals surface area contributed by atoms with Crippen LogP contribution in [0.1, 0.15) is 0 Å². The summed E-state index contributed by atoms with van der Waals surface area (Å²) >= 11 is 0. The Morgan fingerprint density at radius 3 is 0.273 bits per heavy atom. The van der Waals surface area contributed by atoms with Crippen LogP contribution in [-0.2, 0) is 77.3 Å². The topological polar surface area (TPSA) is 200 Å². The number of hydrogen-bond donors (Lipinski definition) is 0. The molecule has 0 unspecified atom stereocenters. The minimum Gasteiger partial charge on any atom is -2.00 e. The molecule has 0 N–H and O–H groups in total. The smallest absolute Gasteiger partial charge is 2.00 e. The Morgan fingerprint density at radius 1 is 0.273 bits per heavy atom. The average molecular weight is 604 g/mol. The molecular weight excluding hydrogens is 604 g/mol. The monoisotopic (exact) mass is 606 g/mol. The predicted molar refractivity (Wildman–Crippen MR) is 4.81 cm³/mol. The summed E-state index contributed by atoms with van der Waals surface area (Å²) in [6.45, 7) is 0. The van der Waals surface area contributed by atoms with E-state index < -0.39 is 0 Å². The summed E-state index contributed by atoms with van der Waals surface area (Å²) in [6, 6.07) is 0. The van der Waals surface area contributed by atoms with Crippen molar-refractivity contribution >= 4 is 0 Å². The van der Waals surface area contributed by atoms with E-state index in [0.29, 0.717) is 0 Å². The average Bonchev–Trinajstić information content (AvgIpc) is 0. The molecule has 0 fully saturated rings. The maximum Gasteiger partial charge on any atom is 4.00 e. The van der Waals surface area contributed by atoms with Gasteiger partial charge in [0.1, 0.15) is 0 Å². The Labute approximate surface area is 155 Å². The summed E-state index contributed by atoms with van der Waals surface area (Å²) in [4.78, 5) is 0. The van der Waals surface area contributed by atoms with E-state index in [0.717, 1.165) is 0 Å². The van der Waals surface area contributed by atoms with Crippen molar-refractivity contribution in [2.45, 2.75) is 0 Å². The third-order valence-corrected chi connectivity index (χ3v) is 0. The first kappa shape index (κ1) is 205. The minimum atomic E-state index is 0. The van der Waals surface area contributed by atoms with Gasteiger partial charge in [-0.2, -0.15) is 0 Å². The summed E-state index contributed by atoms with van der Waals surface area (Å²) in [5.41, 5.74) is 0. The molecule has 0 aliphatic rings. The number of hydrogen-bond acceptors (Lipinski definition) is 0. The zero-order valence-corrected chi connectivity index (χ0v) is 13.7. The van der Waals surface area contributed by atoms with Crippen LogP contribution < -0.4 is 0 Å². The molecule has 0 amide bonds. The molecule has 0 atom stereocenters. The standard InChI is InChI=1S/7O.2Pm.2Ru/q7*-2;;;2*+4. The molecule has 0 aliphatic carbocycles. The molecule has 0 saturated carbocycles. The van der Waals surface area contributed by atoms with E-state index in [4.69, 9.17) is 0 Å². The van der Waals surface area contributed by atoms with Gasteiger partial charge in [-0.3, -0.25) is 0 Å². The molecule has 0 aromatic carbocycles. The van der Waals surface area contributed by atoms with Gasteiger partial charge in [0.25, 0.3) is 0 Å². The second-order valence-corrected chi connectivity index (χ2v) is 0. The molecule has 0 aromatic rings. The molecule has 0 saturated heterocycles. The van der Waals surface area contributed by atoms with Gasteiger partial charge in [-0.1, -0.05) is 0 Å². The molecule has 2 radical (unpaired) electrons. The quantitative estimate of drug-likeness (QED) is 0.311. The Bertz CT molecular complexity index is 14.4. The molecule has 0 aliphatic heterocycles. The normalized spacial score (nSPS) is 0. The van der Waals surface area contributed by atoms with Crippen molar-refractivity contribution in [2.75, 3.05) is 0 Å². The SMILES string of the molecule is [O-2].[O-2].[O-2].[O-2].[O-2].[O-2].[O-2].[Pm].[Pm].[Ru+4].[Ru+4]. The van der Waals surface area contributed by atoms with Crippen molar-refractivity contribution in [3.05, 3.63) is 0 Å². The van der Waals surface area contributed by atoms with E-state index in [1.54, 1.807) is 0 Å². The molecule has 74 valence electrons. The van der Waals surface area contributed by atoms with Crippen molar-refractivity contribution in [3.63, 3.8) is 0 Å². The molecule has 0 rings (SSSR count). The number of rotatable bonds is 0. The molecule has 0 spiro atoms. The Morgan fingerprint density at radius 2 is 0.273 bits per heavy atom. The molecule has 0 heterocycles. The van der Waals surface area contributed by atoms with Gasteiger partial charge < -0.3 is 38.3 Å². The van der Waals surface area contributed by atoms with Crippen LogP contribution in [0.5, 0.6) is 0 Å². The second-order valence-electron chi connectivity index (χ2n) is 0. The van der Waals surface area contributed by atoms with Crippen molar-refractivity contribution < 1.29 is 158 Å². The third-order valence-electron chi connectivity index (χ3n) is 0. The maximum atomic E-state index is 0. The largest absolute Gasteiger partial charge is 4.00 e. The zero-order valence-electron chi connectivity index (χ0n) is 4.46. The molecule has 7 nitrogen and oxygen atoms in total. The molecule has 11 heteroatoms. The van der Waals surface area contributed by atoms with Crippen LogP contribution in [0.25, 0.3) is 0 Å². The van der Waals surface area contributed by atoms with E-state index in [1.165, 1.54) is 0 Å². The van der Waals surface area contributed by atoms with E-state index in [2.05, 4.69) is 0 Å². The Hall–Kier alpha value is 3.64. The van der Waals surface area contributed by atoms with E-state index in [1.807, 2.05) is 0 Å². The summed E-state index contributed by atoms with van der Waals surface area (Å²) < 4.78 is 0. The Kier molecular flexibility index (Phi) is 3070. The van der Waals surface area contributed by atoms with Crippen LogP contribution in [0.4, 0.5) is 0 Å². The summed E-state index contributed by atoms with van der Waals surface area (Å²) in [7, 11) is 0. The van der Waals surface area contributed by atoms with E-state index in [9.17, 15) is 0 Å². The van der Waals surface area contributed by atoms with Gasteiger partial charge in [0.2, 0.25) is 0 Å². The fraction of sp³-hybridized carbons (Fsp3) is 0. The van der Waals surface area contributed by atoms with Crippen molar-refractivity contribution in [1.29, 1.82) is 0 Å². The fourth-order valence-corrected chi connectivity index (χ4v) is 0. The molecule has 0 aromatic heterocycles. The summed E-state index contributed by atoms with van der Waals surface area (Å²) in [6.07, 6.45) is 0. The molecule has 0 bridgehead atoms. The first-order chi connectivity index (χ1) is 0. The summed E-state index contributed by atoms with van der Waals surface area (Å²) in [5, 5.41) is 0. The van der Waals surface area contributed by atoms with Crippen LogP contribution in [-0.4, -0.2) is 0 Å². The van der Waals surface area contributed by atoms with Gasteiger partial charge in [0, 0.05) is 80.8 Å². The van der Waals surface area contributed by atoms with Crippen LogP contribution in [0.2, 0.25) is 0 Å². The van der Waals surface area contributed by atoms with Crippen LogP contribution in [0, 0.1) is 80.8 Å². The van der Waals surface area contributed by atoms with Gasteiger partial charge in [-0.15, -0.1) is 0 Å². The van der Waals surface area contributed by atoms with E-state index >= 15 is 0 Å². The van der Waals surface area contributed by atoms with Gasteiger partial charge in [0.05, 0.1) is 0 Å². The van der Waals surface area contributed by atoms with Crippen LogP contribution in [0.3, 0.4) is 0 Å². The van der Waals surface area contributed by atoms with E-state index in [-0.39, 0.29) is 158 Å². The third kappa shape index (κ3) is 139. The fourth-order valence-electron chi connectivity index (χ4n) is 0. The minimum absolute atomic E-state index is 0. The van der Waals surface area contributed by atoms with Crippen molar-refractivity contribution in [3.8, 4) is 0 Å². The van der Waals surface area contributed by atoms with Gasteiger partial charge in [-0.25, -0.2) is 0 Å². The van der Waals surface area contributed by atoms with Gasteiger partial charge >= 0.3 is 39.0 Å². The summed E-state index contributed by atoms with van der Waals surface area (Å²) in [5.74, 6) is 0. The predicted octanol–water partition coefficient (Wildman–Crippen LogP) is -0.837. The van der Waals surface area contributed by atoms with Gasteiger partial charge in [-0.05, 0) is 0 Å². The first-order valence-corrected chi connectivity index (χ1v) is 0. The van der Waals surface area contributed by atoms with Crippen molar-refractivity contribution in [1.82, 2.24) is 0 Å². The first-order valence-electron chi connectivity index (χ1n) is 0. The van der Waals surface area contributed by atoms with Crippen LogP contribution in [0.15, 0.2) is 0 Å². The molecule has 11 heavy (non-hydrogen) atoms. The van der Waals surface area contributed by atoms with Crippen molar-refractivity contribution in [2.24, 2.45) is 0 Å².